The standard InChI is InChI=1S/C47H33N7O12S4.2O3S/c1-27-8-10-29(11-9-27)70(64,65)66-46-7-3-5-28-4-2-6-45(47(28)46)54-51-42-21-23-44(38-26-32(69(61,62)63)14-17-35(38)42)53-50-41-20-22-43(37-25-31(68(58,59)60)13-16-34(37)41)52-49-40-19-18-39(48)36-24-30(67(55,56)57)12-15-33(36)40;2*1-4(2)3/h2-26H,48H2,1H3,(H,55,56,57)(H,58,59,60)(H,61,62,63);;. The molecule has 0 aromatic heterocycles. The van der Waals surface area contributed by atoms with Gasteiger partial charge in [-0.2, -0.15) is 33.7 Å². The molecule has 31 heteroatoms. The van der Waals surface area contributed by atoms with Crippen molar-refractivity contribution >= 4 is 145 Å². The third-order valence-electron chi connectivity index (χ3n) is 10.9. The molecule has 0 amide bonds. The van der Waals surface area contributed by atoms with Crippen molar-refractivity contribution in [1.29, 1.82) is 0 Å². The van der Waals surface area contributed by atoms with Crippen LogP contribution in [0.1, 0.15) is 5.56 Å². The molecule has 0 saturated heterocycles. The van der Waals surface area contributed by atoms with Crippen LogP contribution in [-0.4, -0.2) is 72.6 Å². The van der Waals surface area contributed by atoms with Gasteiger partial charge in [0.05, 0.1) is 54.2 Å². The fraction of sp³-hybridized carbons (Fsp3) is 0.0213. The maximum absolute atomic E-state index is 13.3. The Morgan fingerprint density at radius 2 is 0.731 bits per heavy atom. The topological polar surface area (TPSA) is 409 Å². The van der Waals surface area contributed by atoms with E-state index >= 15 is 0 Å². The smallest absolute Gasteiger partial charge is 0.398 e. The van der Waals surface area contributed by atoms with Crippen LogP contribution in [-0.2, 0) is 61.7 Å². The summed E-state index contributed by atoms with van der Waals surface area (Å²) in [5, 5.41) is 28.9. The molecule has 0 saturated carbocycles. The average Bonchev–Trinajstić information content (AvgIpc) is 3.55. The molecule has 9 aromatic carbocycles. The minimum atomic E-state index is -4.73. The molecule has 0 heterocycles. The van der Waals surface area contributed by atoms with Crippen LogP contribution in [0.2, 0.25) is 0 Å². The van der Waals surface area contributed by atoms with E-state index in [0.29, 0.717) is 21.5 Å². The van der Waals surface area contributed by atoms with Crippen molar-refractivity contribution in [3.05, 3.63) is 157 Å². The van der Waals surface area contributed by atoms with E-state index in [1.54, 1.807) is 42.5 Å². The second kappa shape index (κ2) is 22.9. The molecule has 25 nitrogen and oxygen atoms in total. The van der Waals surface area contributed by atoms with E-state index in [9.17, 15) is 47.3 Å². The lowest BCUT2D eigenvalue weighted by atomic mass is 10.1. The van der Waals surface area contributed by atoms with Crippen molar-refractivity contribution in [3.63, 3.8) is 0 Å². The largest absolute Gasteiger partial charge is 0.425 e. The van der Waals surface area contributed by atoms with Crippen molar-refractivity contribution in [2.75, 3.05) is 5.73 Å². The minimum Gasteiger partial charge on any atom is -0.398 e. The zero-order valence-electron chi connectivity index (χ0n) is 39.1. The van der Waals surface area contributed by atoms with Gasteiger partial charge in [0.2, 0.25) is 0 Å². The van der Waals surface area contributed by atoms with Gasteiger partial charge < -0.3 is 9.92 Å². The molecular weight excluding hydrogens is 1140 g/mol. The zero-order valence-corrected chi connectivity index (χ0v) is 44.0. The Balaban J connectivity index is 0.00000103. The summed E-state index contributed by atoms with van der Waals surface area (Å²) in [4.78, 5) is -1.39. The maximum Gasteiger partial charge on any atom is 0.425 e. The summed E-state index contributed by atoms with van der Waals surface area (Å²) < 4.78 is 185. The van der Waals surface area contributed by atoms with Gasteiger partial charge in [0.25, 0.3) is 30.4 Å². The van der Waals surface area contributed by atoms with Crippen LogP contribution in [0.25, 0.3) is 43.1 Å². The van der Waals surface area contributed by atoms with Crippen molar-refractivity contribution < 1.29 is 76.8 Å². The van der Waals surface area contributed by atoms with Crippen LogP contribution < -0.4 is 9.92 Å². The Labute approximate surface area is 444 Å². The second-order valence-electron chi connectivity index (χ2n) is 15.9. The first-order valence-electron chi connectivity index (χ1n) is 21.3. The minimum absolute atomic E-state index is 0.00144. The van der Waals surface area contributed by atoms with Gasteiger partial charge in [0.1, 0.15) is 4.90 Å². The van der Waals surface area contributed by atoms with Gasteiger partial charge in [-0.15, -0.1) is 55.9 Å². The van der Waals surface area contributed by atoms with Gasteiger partial charge in [-0.1, -0.05) is 60.2 Å². The van der Waals surface area contributed by atoms with E-state index in [2.05, 4.69) is 30.7 Å². The summed E-state index contributed by atoms with van der Waals surface area (Å²) in [6, 6.07) is 36.1. The second-order valence-corrected chi connectivity index (χ2v) is 22.5. The quantitative estimate of drug-likeness (QED) is 0.0382. The molecule has 9 aromatic rings. The van der Waals surface area contributed by atoms with Gasteiger partial charge in [0, 0.05) is 38.0 Å². The Morgan fingerprint density at radius 3 is 1.14 bits per heavy atom. The molecule has 0 fully saturated rings. The number of nitrogens with zero attached hydrogens (tertiary/aromatic N) is 6. The van der Waals surface area contributed by atoms with Crippen LogP contribution >= 0.6 is 0 Å². The van der Waals surface area contributed by atoms with Gasteiger partial charge in [-0.05, 0) is 109 Å². The Bertz CT molecular complexity index is 4700. The fourth-order valence-corrected chi connectivity index (χ4v) is 9.94. The predicted octanol–water partition coefficient (Wildman–Crippen LogP) is 9.94. The summed E-state index contributed by atoms with van der Waals surface area (Å²) in [5.74, 6) is -0.00144. The molecular formula is C47H33N7O18S6. The zero-order chi connectivity index (χ0) is 56.9. The fourth-order valence-electron chi connectivity index (χ4n) is 7.48. The lowest BCUT2D eigenvalue weighted by Crippen LogP contribution is -2.10. The number of azo groups is 3. The first-order valence-corrected chi connectivity index (χ1v) is 29.0. The highest BCUT2D eigenvalue weighted by atomic mass is 32.2. The van der Waals surface area contributed by atoms with E-state index in [-0.39, 0.29) is 72.0 Å². The normalized spacial score (nSPS) is 12.2. The predicted molar refractivity (Wildman–Crippen MR) is 281 cm³/mol. The average molecular weight is 1180 g/mol. The molecule has 0 bridgehead atoms. The molecule has 0 aliphatic heterocycles. The van der Waals surface area contributed by atoms with E-state index in [1.807, 2.05) is 6.92 Å². The summed E-state index contributed by atoms with van der Waals surface area (Å²) in [5.41, 5.74) is 8.20. The summed E-state index contributed by atoms with van der Waals surface area (Å²) in [6.07, 6.45) is 0. The third kappa shape index (κ3) is 13.7. The highest BCUT2D eigenvalue weighted by Crippen LogP contribution is 2.42. The van der Waals surface area contributed by atoms with Gasteiger partial charge in [0.15, 0.2) is 5.75 Å². The van der Waals surface area contributed by atoms with E-state index in [4.69, 9.17) is 35.2 Å². The molecule has 0 aliphatic carbocycles. The number of fused-ring (bicyclic) bond motifs is 4. The first-order chi connectivity index (χ1) is 36.6. The van der Waals surface area contributed by atoms with Crippen LogP contribution in [0.5, 0.6) is 5.75 Å². The molecule has 0 atom stereocenters. The van der Waals surface area contributed by atoms with E-state index in [0.717, 1.165) is 29.8 Å². The third-order valence-corrected chi connectivity index (χ3v) is 14.7. The number of benzene rings is 9. The number of nitrogens with two attached hydrogens (primary N) is 1. The summed E-state index contributed by atoms with van der Waals surface area (Å²) in [6.45, 7) is 1.82. The summed E-state index contributed by atoms with van der Waals surface area (Å²) in [7, 11) is -24.5. The van der Waals surface area contributed by atoms with Gasteiger partial charge >= 0.3 is 31.3 Å². The number of rotatable bonds is 12. The number of nitrogen functional groups attached to an aromatic ring is 1. The van der Waals surface area contributed by atoms with Crippen LogP contribution in [0.3, 0.4) is 0 Å². The lowest BCUT2D eigenvalue weighted by Gasteiger charge is -2.11. The molecule has 78 heavy (non-hydrogen) atoms. The number of hydrogen-bond acceptors (Lipinski definition) is 22. The maximum atomic E-state index is 13.3. The first kappa shape index (κ1) is 57.1. The Kier molecular flexibility index (Phi) is 16.7. The SMILES string of the molecule is Cc1ccc(S(=O)(=O)Oc2cccc3cccc(N=Nc4ccc(N=Nc5ccc(N=Nc6ccc(N)c7cc(S(=O)(=O)O)ccc67)c6cc(S(=O)(=O)O)ccc56)c5cc(S(=O)(=O)O)ccc45)c23)cc1.O=S(=O)=O.O=S(=O)=O. The van der Waals surface area contributed by atoms with Crippen molar-refractivity contribution in [1.82, 2.24) is 0 Å². The van der Waals surface area contributed by atoms with E-state index in [1.165, 1.54) is 84.9 Å². The van der Waals surface area contributed by atoms with Crippen molar-refractivity contribution in [2.45, 2.75) is 26.5 Å². The van der Waals surface area contributed by atoms with Crippen LogP contribution in [0.15, 0.2) is 202 Å². The van der Waals surface area contributed by atoms with E-state index < -0.39 is 76.4 Å². The highest BCUT2D eigenvalue weighted by molar-refractivity contribution is 7.87. The molecule has 0 radical (unpaired) electrons. The molecule has 9 rings (SSSR count). The summed E-state index contributed by atoms with van der Waals surface area (Å²) >= 11 is 0. The monoisotopic (exact) mass is 1180 g/mol. The van der Waals surface area contributed by atoms with Gasteiger partial charge in [-0.3, -0.25) is 13.7 Å². The lowest BCUT2D eigenvalue weighted by molar-refractivity contribution is 0.481. The molecule has 0 aliphatic rings. The number of anilines is 1. The van der Waals surface area contributed by atoms with Gasteiger partial charge in [-0.25, -0.2) is 0 Å². The molecule has 400 valence electrons. The number of hydrogen-bond donors (Lipinski definition) is 4. The Morgan fingerprint density at radius 1 is 0.397 bits per heavy atom. The molecule has 0 spiro atoms. The number of aryl methyl sites for hydroxylation is 1. The van der Waals surface area contributed by atoms with Crippen molar-refractivity contribution in [3.8, 4) is 5.75 Å². The van der Waals surface area contributed by atoms with Crippen molar-refractivity contribution in [2.24, 2.45) is 30.7 Å². The van der Waals surface area contributed by atoms with Crippen LogP contribution in [0, 0.1) is 6.92 Å². The molecule has 0 unspecified atom stereocenters. The van der Waals surface area contributed by atoms with Crippen LogP contribution in [0.4, 0.5) is 39.8 Å². The molecule has 5 N–H and O–H groups in total. The Hall–Kier alpha value is -8.66. The highest BCUT2D eigenvalue weighted by Gasteiger charge is 2.21.